The quantitative estimate of drug-likeness (QED) is 0.306. The van der Waals surface area contributed by atoms with E-state index in [1.807, 2.05) is 36.4 Å². The molecule has 0 radical (unpaired) electrons. The number of hydrogen-bond acceptors (Lipinski definition) is 2. The van der Waals surface area contributed by atoms with E-state index in [1.54, 1.807) is 0 Å². The summed E-state index contributed by atoms with van der Waals surface area (Å²) in [5.41, 5.74) is 7.72. The number of carbonyl (C=O) groups excluding carboxylic acids is 1. The van der Waals surface area contributed by atoms with E-state index in [4.69, 9.17) is 4.74 Å². The normalized spacial score (nSPS) is 10.8. The molecule has 2 nitrogen and oxygen atoms in total. The first-order valence-corrected chi connectivity index (χ1v) is 9.72. The van der Waals surface area contributed by atoms with Crippen molar-refractivity contribution in [2.45, 2.75) is 19.8 Å². The van der Waals surface area contributed by atoms with Gasteiger partial charge < -0.3 is 4.74 Å². The molecule has 0 aromatic rings. The smallest absolute Gasteiger partial charge is 0.338 e. The van der Waals surface area contributed by atoms with Crippen molar-refractivity contribution in [1.82, 2.24) is 0 Å². The van der Waals surface area contributed by atoms with Crippen molar-refractivity contribution < 1.29 is 9.53 Å². The van der Waals surface area contributed by atoms with Gasteiger partial charge in [-0.25, -0.2) is 4.79 Å². The van der Waals surface area contributed by atoms with Crippen LogP contribution in [0.4, 0.5) is 0 Å². The summed E-state index contributed by atoms with van der Waals surface area (Å²) in [5.74, 6) is 6.54. The van der Waals surface area contributed by atoms with Crippen molar-refractivity contribution in [1.29, 1.82) is 0 Å². The molecule has 4 rings (SSSR count). The SMILES string of the molecule is COC(=O)c1cc(C#Cc2ccc3cccc-3cc2)c2cccc(C(C)C)cc1-2. The Kier molecular flexibility index (Phi) is 5.06. The third-order valence-electron chi connectivity index (χ3n) is 5.21. The number of ether oxygens (including phenoxy) is 1. The third-order valence-corrected chi connectivity index (χ3v) is 5.21. The van der Waals surface area contributed by atoms with Gasteiger partial charge in [0.2, 0.25) is 0 Å². The van der Waals surface area contributed by atoms with Crippen LogP contribution in [0.1, 0.15) is 46.8 Å². The molecule has 0 fully saturated rings. The minimum Gasteiger partial charge on any atom is -0.465 e. The van der Waals surface area contributed by atoms with Crippen LogP contribution in [0.15, 0.2) is 72.8 Å². The zero-order chi connectivity index (χ0) is 20.4. The van der Waals surface area contributed by atoms with E-state index in [2.05, 4.69) is 62.1 Å². The summed E-state index contributed by atoms with van der Waals surface area (Å²) in [4.78, 5) is 12.4. The third kappa shape index (κ3) is 3.73. The Hall–Kier alpha value is -3.57. The largest absolute Gasteiger partial charge is 0.465 e. The van der Waals surface area contributed by atoms with Crippen LogP contribution >= 0.6 is 0 Å². The minimum atomic E-state index is -0.339. The molecule has 0 atom stereocenters. The molecular weight excluding hydrogens is 356 g/mol. The minimum absolute atomic E-state index is 0.339. The Labute approximate surface area is 171 Å². The van der Waals surface area contributed by atoms with E-state index in [1.165, 1.54) is 23.8 Å². The number of fused-ring (bicyclic) bond motifs is 2. The summed E-state index contributed by atoms with van der Waals surface area (Å²) >= 11 is 0. The molecule has 0 N–H and O–H groups in total. The van der Waals surface area contributed by atoms with Gasteiger partial charge in [-0.1, -0.05) is 74.2 Å². The van der Waals surface area contributed by atoms with E-state index in [9.17, 15) is 4.79 Å². The number of hydrogen-bond donors (Lipinski definition) is 0. The zero-order valence-electron chi connectivity index (χ0n) is 16.8. The predicted molar refractivity (Wildman–Crippen MR) is 118 cm³/mol. The van der Waals surface area contributed by atoms with Crippen molar-refractivity contribution >= 4 is 5.97 Å². The summed E-state index contributed by atoms with van der Waals surface area (Å²) in [6, 6.07) is 24.5. The molecule has 0 bridgehead atoms. The molecule has 0 aromatic carbocycles. The van der Waals surface area contributed by atoms with Gasteiger partial charge in [0.05, 0.1) is 12.7 Å². The van der Waals surface area contributed by atoms with Gasteiger partial charge >= 0.3 is 5.97 Å². The van der Waals surface area contributed by atoms with Gasteiger partial charge in [0, 0.05) is 11.1 Å². The first-order valence-electron chi connectivity index (χ1n) is 9.72. The lowest BCUT2D eigenvalue weighted by atomic mass is 10.0. The highest BCUT2D eigenvalue weighted by molar-refractivity contribution is 6.01. The van der Waals surface area contributed by atoms with Gasteiger partial charge in [0.1, 0.15) is 0 Å². The van der Waals surface area contributed by atoms with E-state index in [-0.39, 0.29) is 5.97 Å². The van der Waals surface area contributed by atoms with Crippen LogP contribution in [0.3, 0.4) is 0 Å². The van der Waals surface area contributed by atoms with Crippen molar-refractivity contribution in [2.75, 3.05) is 7.11 Å². The summed E-state index contributed by atoms with van der Waals surface area (Å²) in [7, 11) is 1.41. The standard InChI is InChI=1S/C27H22O2/c1-18(2)22-8-5-9-24-23(17-26(25(24)16-22)27(28)29-3)15-12-19-10-13-20-6-4-7-21(20)14-11-19/h4-11,13-14,16-18H,1-3H3. The van der Waals surface area contributed by atoms with Gasteiger partial charge in [0.15, 0.2) is 0 Å². The van der Waals surface area contributed by atoms with Crippen LogP contribution in [0.25, 0.3) is 22.3 Å². The molecule has 0 amide bonds. The molecule has 0 heterocycles. The molecule has 29 heavy (non-hydrogen) atoms. The first kappa shape index (κ1) is 18.8. The fourth-order valence-electron chi connectivity index (χ4n) is 3.53. The average molecular weight is 378 g/mol. The lowest BCUT2D eigenvalue weighted by Gasteiger charge is -2.04. The Morgan fingerprint density at radius 2 is 1.52 bits per heavy atom. The van der Waals surface area contributed by atoms with E-state index >= 15 is 0 Å². The van der Waals surface area contributed by atoms with Crippen LogP contribution in [-0.2, 0) is 4.74 Å². The molecule has 2 heteroatoms. The number of rotatable bonds is 2. The molecule has 4 aliphatic carbocycles. The maximum atomic E-state index is 12.4. The molecule has 0 spiro atoms. The van der Waals surface area contributed by atoms with Crippen LogP contribution in [0, 0.1) is 11.8 Å². The lowest BCUT2D eigenvalue weighted by molar-refractivity contribution is 0.0602. The van der Waals surface area contributed by atoms with Crippen molar-refractivity contribution in [3.05, 3.63) is 95.1 Å². The molecule has 142 valence electrons. The van der Waals surface area contributed by atoms with Crippen LogP contribution < -0.4 is 0 Å². The summed E-state index contributed by atoms with van der Waals surface area (Å²) in [5, 5.41) is 0. The van der Waals surface area contributed by atoms with E-state index in [0.717, 1.165) is 22.3 Å². The summed E-state index contributed by atoms with van der Waals surface area (Å²) in [6.07, 6.45) is 0. The zero-order valence-corrected chi connectivity index (χ0v) is 16.8. The Bertz CT molecular complexity index is 1160. The topological polar surface area (TPSA) is 26.3 Å². The number of esters is 1. The fourth-order valence-corrected chi connectivity index (χ4v) is 3.53. The molecule has 0 aliphatic heterocycles. The molecule has 0 unspecified atom stereocenters. The van der Waals surface area contributed by atoms with Gasteiger partial charge in [-0.05, 0) is 58.0 Å². The second-order valence-electron chi connectivity index (χ2n) is 7.42. The van der Waals surface area contributed by atoms with Gasteiger partial charge in [0.25, 0.3) is 0 Å². The molecule has 0 aromatic heterocycles. The summed E-state index contributed by atoms with van der Waals surface area (Å²) < 4.78 is 5.01. The highest BCUT2D eigenvalue weighted by atomic mass is 16.5. The highest BCUT2D eigenvalue weighted by Gasteiger charge is 2.20. The van der Waals surface area contributed by atoms with Crippen LogP contribution in [0.5, 0.6) is 0 Å². The van der Waals surface area contributed by atoms with Crippen molar-refractivity contribution in [2.24, 2.45) is 0 Å². The van der Waals surface area contributed by atoms with Gasteiger partial charge in [-0.3, -0.25) is 0 Å². The Balaban J connectivity index is 1.82. The maximum absolute atomic E-state index is 12.4. The van der Waals surface area contributed by atoms with E-state index in [0.29, 0.717) is 11.5 Å². The second kappa shape index (κ2) is 7.81. The van der Waals surface area contributed by atoms with Gasteiger partial charge in [-0.15, -0.1) is 0 Å². The highest BCUT2D eigenvalue weighted by Crippen LogP contribution is 2.34. The Morgan fingerprint density at radius 3 is 2.17 bits per heavy atom. The predicted octanol–water partition coefficient (Wildman–Crippen LogP) is 6.21. The molecular formula is C27H22O2. The van der Waals surface area contributed by atoms with Crippen molar-refractivity contribution in [3.63, 3.8) is 0 Å². The molecule has 0 saturated heterocycles. The maximum Gasteiger partial charge on any atom is 0.338 e. The van der Waals surface area contributed by atoms with E-state index < -0.39 is 0 Å². The number of carbonyl (C=O) groups is 1. The first-order chi connectivity index (χ1) is 14.1. The van der Waals surface area contributed by atoms with Gasteiger partial charge in [-0.2, -0.15) is 0 Å². The Morgan fingerprint density at radius 1 is 0.828 bits per heavy atom. The average Bonchev–Trinajstić information content (AvgIpc) is 3.16. The number of methoxy groups -OCH3 is 1. The lowest BCUT2D eigenvalue weighted by Crippen LogP contribution is -2.00. The molecule has 4 aliphatic rings. The van der Waals surface area contributed by atoms with Crippen LogP contribution in [-0.4, -0.2) is 13.1 Å². The van der Waals surface area contributed by atoms with Crippen LogP contribution in [0.2, 0.25) is 0 Å². The van der Waals surface area contributed by atoms with Crippen molar-refractivity contribution in [3.8, 4) is 34.1 Å². The molecule has 0 saturated carbocycles. The fraction of sp³-hybridized carbons (Fsp3) is 0.148. The second-order valence-corrected chi connectivity index (χ2v) is 7.42. The monoisotopic (exact) mass is 378 g/mol. The summed E-state index contributed by atoms with van der Waals surface area (Å²) in [6.45, 7) is 4.28.